The topological polar surface area (TPSA) is 150 Å². The highest BCUT2D eigenvalue weighted by Gasteiger charge is 2.34. The number of hydrogen-bond donors (Lipinski definition) is 2. The Balaban J connectivity index is 1.97. The largest absolute Gasteiger partial charge is 0.478 e. The number of nitrogens with zero attached hydrogens (tertiary/aromatic N) is 3. The second kappa shape index (κ2) is 6.25. The molecule has 1 fully saturated rings. The molecular weight excluding hydrogens is 388 g/mol. The average molecular weight is 402 g/mol. The molecular formula is C13H14N4O7S2. The molecule has 1 aliphatic carbocycles. The maximum absolute atomic E-state index is 12.5. The molecule has 11 nitrogen and oxygen atoms in total. The summed E-state index contributed by atoms with van der Waals surface area (Å²) in [5.41, 5.74) is -1.29. The molecule has 2 aromatic heterocycles. The Morgan fingerprint density at radius 3 is 2.62 bits per heavy atom. The maximum atomic E-state index is 12.5. The number of thiophene rings is 1. The van der Waals surface area contributed by atoms with Crippen molar-refractivity contribution in [1.82, 2.24) is 19.1 Å². The first-order valence-electron chi connectivity index (χ1n) is 7.31. The van der Waals surface area contributed by atoms with Crippen LogP contribution in [0.4, 0.5) is 4.79 Å². The molecule has 0 atom stereocenters. The number of carboxylic acid groups (broad SMARTS) is 1. The van der Waals surface area contributed by atoms with Crippen molar-refractivity contribution >= 4 is 33.4 Å². The summed E-state index contributed by atoms with van der Waals surface area (Å²) in [5, 5.41) is 14.0. The molecule has 2 aromatic rings. The Bertz CT molecular complexity index is 1060. The second-order valence-electron chi connectivity index (χ2n) is 5.53. The van der Waals surface area contributed by atoms with E-state index in [0.29, 0.717) is 4.68 Å². The molecule has 1 saturated carbocycles. The van der Waals surface area contributed by atoms with Crippen LogP contribution in [0.2, 0.25) is 0 Å². The maximum Gasteiger partial charge on any atom is 0.360 e. The van der Waals surface area contributed by atoms with Crippen molar-refractivity contribution in [2.45, 2.75) is 30.7 Å². The minimum atomic E-state index is -4.52. The van der Waals surface area contributed by atoms with Crippen LogP contribution in [0.1, 0.15) is 34.1 Å². The van der Waals surface area contributed by atoms with Gasteiger partial charge in [0.2, 0.25) is 0 Å². The number of hydrogen-bond acceptors (Lipinski definition) is 8. The Kier molecular flexibility index (Phi) is 4.36. The van der Waals surface area contributed by atoms with Gasteiger partial charge in [0.1, 0.15) is 4.90 Å². The third-order valence-corrected chi connectivity index (χ3v) is 6.25. The van der Waals surface area contributed by atoms with E-state index < -0.39 is 38.2 Å². The van der Waals surface area contributed by atoms with Gasteiger partial charge in [0.05, 0.1) is 12.7 Å². The summed E-state index contributed by atoms with van der Waals surface area (Å²) in [4.78, 5) is 35.5. The molecule has 0 radical (unpaired) electrons. The second-order valence-corrected chi connectivity index (χ2v) is 8.24. The number of carboxylic acids is 1. The molecule has 0 saturated heterocycles. The summed E-state index contributed by atoms with van der Waals surface area (Å²) >= 11 is 0.915. The van der Waals surface area contributed by atoms with Crippen LogP contribution in [0.3, 0.4) is 0 Å². The van der Waals surface area contributed by atoms with E-state index in [1.54, 1.807) is 4.72 Å². The Morgan fingerprint density at radius 2 is 2.08 bits per heavy atom. The Morgan fingerprint density at radius 1 is 1.42 bits per heavy atom. The number of aromatic nitrogens is 3. The summed E-state index contributed by atoms with van der Waals surface area (Å²) in [6.45, 7) is 1.41. The fraction of sp³-hybridized carbons (Fsp3) is 0.385. The Labute approximate surface area is 150 Å². The van der Waals surface area contributed by atoms with Crippen LogP contribution in [0, 0.1) is 6.92 Å². The van der Waals surface area contributed by atoms with Gasteiger partial charge in [-0.1, -0.05) is 0 Å². The van der Waals surface area contributed by atoms with Crippen LogP contribution < -0.4 is 15.1 Å². The monoisotopic (exact) mass is 402 g/mol. The lowest BCUT2D eigenvalue weighted by molar-refractivity contribution is 0.0693. The standard InChI is InChI=1S/C13H14N4O7S2/c1-6-9(8(5-25-6)10(18)19)26(22,23)15-11(20)17-13(21)16(7-3-4-7)12(14-17)24-2/h5,7H,3-4H2,1-2H3,(H,15,20)(H,18,19). The molecule has 140 valence electrons. The van der Waals surface area contributed by atoms with Crippen LogP contribution in [-0.2, 0) is 10.0 Å². The summed E-state index contributed by atoms with van der Waals surface area (Å²) in [6, 6.07) is -1.58. The quantitative estimate of drug-likeness (QED) is 0.730. The van der Waals surface area contributed by atoms with Crippen molar-refractivity contribution in [2.75, 3.05) is 7.11 Å². The molecule has 0 spiro atoms. The molecule has 0 unspecified atom stereocenters. The van der Waals surface area contributed by atoms with Crippen molar-refractivity contribution in [1.29, 1.82) is 0 Å². The predicted molar refractivity (Wildman–Crippen MR) is 88.4 cm³/mol. The highest BCUT2D eigenvalue weighted by Crippen LogP contribution is 2.35. The van der Waals surface area contributed by atoms with E-state index in [1.165, 1.54) is 18.6 Å². The molecule has 0 bridgehead atoms. The lowest BCUT2D eigenvalue weighted by atomic mass is 10.3. The molecule has 1 aliphatic rings. The zero-order chi connectivity index (χ0) is 19.2. The van der Waals surface area contributed by atoms with Crippen LogP contribution in [0.25, 0.3) is 0 Å². The number of sulfonamides is 1. The molecule has 3 rings (SSSR count). The SMILES string of the molecule is COc1nn(C(=O)NS(=O)(=O)c2c(C(=O)O)csc2C)c(=O)n1C1CC1. The van der Waals surface area contributed by atoms with E-state index in [0.717, 1.165) is 29.6 Å². The Hall–Kier alpha value is -2.67. The van der Waals surface area contributed by atoms with Gasteiger partial charge in [0.25, 0.3) is 10.0 Å². The number of amides is 1. The summed E-state index contributed by atoms with van der Waals surface area (Å²) in [6.07, 6.45) is 1.44. The van der Waals surface area contributed by atoms with Crippen LogP contribution >= 0.6 is 11.3 Å². The van der Waals surface area contributed by atoms with E-state index in [1.807, 2.05) is 0 Å². The highest BCUT2D eigenvalue weighted by molar-refractivity contribution is 7.90. The third-order valence-electron chi connectivity index (χ3n) is 3.70. The van der Waals surface area contributed by atoms with Crippen molar-refractivity contribution in [3.8, 4) is 6.01 Å². The van der Waals surface area contributed by atoms with E-state index in [9.17, 15) is 22.8 Å². The lowest BCUT2D eigenvalue weighted by Gasteiger charge is -2.06. The highest BCUT2D eigenvalue weighted by atomic mass is 32.2. The number of nitrogens with one attached hydrogen (secondary N) is 1. The fourth-order valence-electron chi connectivity index (χ4n) is 2.41. The number of carbonyl (C=O) groups excluding carboxylic acids is 1. The zero-order valence-electron chi connectivity index (χ0n) is 13.6. The lowest BCUT2D eigenvalue weighted by Crippen LogP contribution is -2.41. The van der Waals surface area contributed by atoms with Crippen LogP contribution in [0.5, 0.6) is 6.01 Å². The number of aromatic carboxylic acids is 1. The minimum absolute atomic E-state index is 0.108. The molecule has 26 heavy (non-hydrogen) atoms. The number of ether oxygens (including phenoxy) is 1. The number of carbonyl (C=O) groups is 2. The van der Waals surface area contributed by atoms with Gasteiger partial charge < -0.3 is 9.84 Å². The number of aryl methyl sites for hydroxylation is 1. The first-order valence-corrected chi connectivity index (χ1v) is 9.67. The van der Waals surface area contributed by atoms with E-state index >= 15 is 0 Å². The summed E-state index contributed by atoms with van der Waals surface area (Å²) in [7, 11) is -3.25. The summed E-state index contributed by atoms with van der Waals surface area (Å²) in [5.74, 6) is -1.45. The number of methoxy groups -OCH3 is 1. The van der Waals surface area contributed by atoms with Crippen molar-refractivity contribution in [2.24, 2.45) is 0 Å². The van der Waals surface area contributed by atoms with Gasteiger partial charge in [-0.25, -0.2) is 32.1 Å². The van der Waals surface area contributed by atoms with Gasteiger partial charge in [0.15, 0.2) is 0 Å². The predicted octanol–water partition coefficient (Wildman–Crippen LogP) is 0.403. The summed E-state index contributed by atoms with van der Waals surface area (Å²) < 4.78 is 33.1. The van der Waals surface area contributed by atoms with Gasteiger partial charge in [-0.3, -0.25) is 0 Å². The smallest absolute Gasteiger partial charge is 0.360 e. The van der Waals surface area contributed by atoms with E-state index in [4.69, 9.17) is 9.84 Å². The molecule has 0 aliphatic heterocycles. The first kappa shape index (κ1) is 18.1. The van der Waals surface area contributed by atoms with Crippen molar-refractivity contribution in [3.63, 3.8) is 0 Å². The fourth-order valence-corrected chi connectivity index (χ4v) is 4.92. The molecule has 2 heterocycles. The first-order chi connectivity index (χ1) is 12.2. The van der Waals surface area contributed by atoms with Gasteiger partial charge in [-0.05, 0) is 19.8 Å². The molecule has 1 amide bonds. The van der Waals surface area contributed by atoms with E-state index in [2.05, 4.69) is 5.10 Å². The van der Waals surface area contributed by atoms with Gasteiger partial charge >= 0.3 is 23.7 Å². The molecule has 2 N–H and O–H groups in total. The third kappa shape index (κ3) is 2.99. The normalized spacial score (nSPS) is 14.2. The van der Waals surface area contributed by atoms with Gasteiger partial charge in [-0.2, -0.15) is 0 Å². The van der Waals surface area contributed by atoms with Crippen molar-refractivity contribution < 1.29 is 27.9 Å². The van der Waals surface area contributed by atoms with Gasteiger partial charge in [0, 0.05) is 16.3 Å². The minimum Gasteiger partial charge on any atom is -0.478 e. The van der Waals surface area contributed by atoms with Gasteiger partial charge in [-0.15, -0.1) is 21.1 Å². The van der Waals surface area contributed by atoms with Crippen LogP contribution in [-0.4, -0.2) is 47.0 Å². The number of rotatable bonds is 5. The molecule has 13 heteroatoms. The zero-order valence-corrected chi connectivity index (χ0v) is 15.3. The van der Waals surface area contributed by atoms with Crippen molar-refractivity contribution in [3.05, 3.63) is 26.3 Å². The van der Waals surface area contributed by atoms with Crippen LogP contribution in [0.15, 0.2) is 15.1 Å². The van der Waals surface area contributed by atoms with E-state index in [-0.39, 0.29) is 16.9 Å². The average Bonchev–Trinajstić information content (AvgIpc) is 3.21. The molecule has 0 aromatic carbocycles.